The Bertz CT molecular complexity index is 137. The fourth-order valence-electron chi connectivity index (χ4n) is 0.323. The van der Waals surface area contributed by atoms with E-state index in [2.05, 4.69) is 8.37 Å². The van der Waals surface area contributed by atoms with E-state index in [0.29, 0.717) is 0 Å². The molecular weight excluding hydrogens is 160 g/mol. The smallest absolute Gasteiger partial charge is 0.399 e. The maximum Gasteiger partial charge on any atom is 0.399 e. The van der Waals surface area contributed by atoms with Crippen LogP contribution >= 0.6 is 0 Å². The molecule has 0 rings (SSSR count). The minimum atomic E-state index is -3.68. The van der Waals surface area contributed by atoms with Crippen molar-refractivity contribution in [2.75, 3.05) is 13.2 Å². The molecule has 2 N–H and O–H groups in total. The van der Waals surface area contributed by atoms with Crippen LogP contribution in [0.5, 0.6) is 0 Å². The molecule has 0 saturated carbocycles. The molecule has 0 saturated heterocycles. The Morgan fingerprint density at radius 2 is 1.40 bits per heavy atom. The van der Waals surface area contributed by atoms with Gasteiger partial charge in [-0.25, -0.2) is 8.37 Å². The lowest BCUT2D eigenvalue weighted by atomic mass is 10.9. The van der Waals surface area contributed by atoms with Gasteiger partial charge in [0.25, 0.3) is 0 Å². The Morgan fingerprint density at radius 1 is 1.10 bits per heavy atom. The highest BCUT2D eigenvalue weighted by atomic mass is 32.3. The summed E-state index contributed by atoms with van der Waals surface area (Å²) in [7, 11) is -3.68. The average Bonchev–Trinajstić information content (AvgIpc) is 1.64. The van der Waals surface area contributed by atoms with Gasteiger partial charge in [-0.2, -0.15) is 8.42 Å². The van der Waals surface area contributed by atoms with Crippen LogP contribution in [0.25, 0.3) is 0 Å². The van der Waals surface area contributed by atoms with Gasteiger partial charge in [0.2, 0.25) is 0 Å². The molecule has 0 unspecified atom stereocenters. The summed E-state index contributed by atoms with van der Waals surface area (Å²) in [4.78, 5) is 0. The van der Waals surface area contributed by atoms with E-state index in [1.165, 1.54) is 0 Å². The van der Waals surface area contributed by atoms with E-state index in [9.17, 15) is 8.42 Å². The first-order chi connectivity index (χ1) is 4.12. The van der Waals surface area contributed by atoms with Crippen molar-refractivity contribution in [1.82, 2.24) is 0 Å². The van der Waals surface area contributed by atoms with Crippen LogP contribution in [0.3, 0.4) is 0 Å². The number of hydrogen-bond donors (Lipinski definition) is 0. The van der Waals surface area contributed by atoms with Gasteiger partial charge >= 0.3 is 10.4 Å². The highest BCUT2D eigenvalue weighted by Gasteiger charge is 2.06. The number of rotatable bonds is 4. The first-order valence-corrected chi connectivity index (χ1v) is 3.99. The van der Waals surface area contributed by atoms with E-state index in [1.807, 2.05) is 0 Å². The predicted octanol–water partition coefficient (Wildman–Crippen LogP) is -0.520. The van der Waals surface area contributed by atoms with Crippen molar-refractivity contribution in [3.8, 4) is 0 Å². The summed E-state index contributed by atoms with van der Waals surface area (Å²) in [6.07, 6.45) is 0. The molecule has 0 aliphatic carbocycles. The highest BCUT2D eigenvalue weighted by molar-refractivity contribution is 7.81. The molecule has 0 fully saturated rings. The molecule has 5 nitrogen and oxygen atoms in total. The maximum atomic E-state index is 10.4. The fraction of sp³-hybridized carbons (Fsp3) is 1.00. The molecule has 0 bridgehead atoms. The maximum absolute atomic E-state index is 10.4. The van der Waals surface area contributed by atoms with Crippen molar-refractivity contribution in [2.45, 2.75) is 13.8 Å². The summed E-state index contributed by atoms with van der Waals surface area (Å²) in [6.45, 7) is 3.39. The lowest BCUT2D eigenvalue weighted by Crippen LogP contribution is -2.09. The average molecular weight is 172 g/mol. The first kappa shape index (κ1) is 12.5. The highest BCUT2D eigenvalue weighted by Crippen LogP contribution is 1.93. The van der Waals surface area contributed by atoms with Gasteiger partial charge in [0.1, 0.15) is 0 Å². The van der Waals surface area contributed by atoms with Gasteiger partial charge in [-0.05, 0) is 13.8 Å². The summed E-state index contributed by atoms with van der Waals surface area (Å²) < 4.78 is 29.2. The molecule has 10 heavy (non-hydrogen) atoms. The Labute approximate surface area is 60.6 Å². The lowest BCUT2D eigenvalue weighted by Gasteiger charge is -1.99. The Hall–Kier alpha value is -0.170. The fourth-order valence-corrected chi connectivity index (χ4v) is 0.968. The van der Waals surface area contributed by atoms with E-state index < -0.39 is 10.4 Å². The normalized spacial score (nSPS) is 10.6. The SMILES string of the molecule is CCOS(=O)(=O)OCC.O. The molecule has 0 heterocycles. The third-order valence-corrected chi connectivity index (χ3v) is 1.57. The van der Waals surface area contributed by atoms with Gasteiger partial charge in [-0.15, -0.1) is 0 Å². The summed E-state index contributed by atoms with van der Waals surface area (Å²) in [6, 6.07) is 0. The zero-order valence-corrected chi connectivity index (χ0v) is 6.77. The quantitative estimate of drug-likeness (QED) is 0.571. The lowest BCUT2D eigenvalue weighted by molar-refractivity contribution is 0.231. The second kappa shape index (κ2) is 5.60. The standard InChI is InChI=1S/C4H10O4S.H2O/c1-3-7-9(5,6)8-4-2;/h3-4H2,1-2H3;1H2. The Kier molecular flexibility index (Phi) is 7.00. The van der Waals surface area contributed by atoms with Crippen LogP contribution in [0.4, 0.5) is 0 Å². The van der Waals surface area contributed by atoms with Crippen molar-refractivity contribution in [1.29, 1.82) is 0 Å². The van der Waals surface area contributed by atoms with Crippen LogP contribution < -0.4 is 0 Å². The molecular formula is C4H12O5S. The number of hydrogen-bond acceptors (Lipinski definition) is 4. The van der Waals surface area contributed by atoms with Crippen molar-refractivity contribution in [3.05, 3.63) is 0 Å². The van der Waals surface area contributed by atoms with Gasteiger partial charge < -0.3 is 5.48 Å². The molecule has 0 spiro atoms. The molecule has 0 aromatic carbocycles. The van der Waals surface area contributed by atoms with Gasteiger partial charge in [0.15, 0.2) is 0 Å². The van der Waals surface area contributed by atoms with E-state index in [1.54, 1.807) is 13.8 Å². The third-order valence-electron chi connectivity index (χ3n) is 0.524. The molecule has 0 amide bonds. The zero-order valence-electron chi connectivity index (χ0n) is 5.96. The third kappa shape index (κ3) is 5.96. The van der Waals surface area contributed by atoms with Crippen LogP contribution in [-0.2, 0) is 18.8 Å². The summed E-state index contributed by atoms with van der Waals surface area (Å²) in [5, 5.41) is 0. The zero-order chi connectivity index (χ0) is 7.33. The predicted molar refractivity (Wildman–Crippen MR) is 35.8 cm³/mol. The molecule has 0 radical (unpaired) electrons. The molecule has 0 atom stereocenters. The summed E-state index contributed by atoms with van der Waals surface area (Å²) in [5.74, 6) is 0. The summed E-state index contributed by atoms with van der Waals surface area (Å²) >= 11 is 0. The summed E-state index contributed by atoms with van der Waals surface area (Å²) in [5.41, 5.74) is 0. The van der Waals surface area contributed by atoms with Crippen LogP contribution in [0.1, 0.15) is 13.8 Å². The van der Waals surface area contributed by atoms with Crippen LogP contribution in [0.15, 0.2) is 0 Å². The van der Waals surface area contributed by atoms with Crippen LogP contribution in [0, 0.1) is 0 Å². The monoisotopic (exact) mass is 172 g/mol. The van der Waals surface area contributed by atoms with Gasteiger partial charge in [-0.1, -0.05) is 0 Å². The van der Waals surface area contributed by atoms with E-state index >= 15 is 0 Å². The molecule has 0 aromatic heterocycles. The Balaban J connectivity index is 0. The minimum Gasteiger partial charge on any atom is -0.412 e. The minimum absolute atomic E-state index is 0. The largest absolute Gasteiger partial charge is 0.412 e. The van der Waals surface area contributed by atoms with E-state index in [4.69, 9.17) is 0 Å². The van der Waals surface area contributed by atoms with E-state index in [0.717, 1.165) is 0 Å². The van der Waals surface area contributed by atoms with E-state index in [-0.39, 0.29) is 18.7 Å². The molecule has 0 aromatic rings. The molecule has 64 valence electrons. The van der Waals surface area contributed by atoms with Crippen molar-refractivity contribution in [2.24, 2.45) is 0 Å². The van der Waals surface area contributed by atoms with Crippen molar-refractivity contribution >= 4 is 10.4 Å². The van der Waals surface area contributed by atoms with Gasteiger partial charge in [0.05, 0.1) is 13.2 Å². The second-order valence-corrected chi connectivity index (χ2v) is 2.51. The van der Waals surface area contributed by atoms with Crippen molar-refractivity contribution in [3.63, 3.8) is 0 Å². The second-order valence-electron chi connectivity index (χ2n) is 1.22. The first-order valence-electron chi connectivity index (χ1n) is 2.66. The van der Waals surface area contributed by atoms with Crippen LogP contribution in [-0.4, -0.2) is 27.1 Å². The molecule has 0 aliphatic heterocycles. The van der Waals surface area contributed by atoms with Gasteiger partial charge in [0, 0.05) is 0 Å². The van der Waals surface area contributed by atoms with Crippen molar-refractivity contribution < 1.29 is 22.3 Å². The molecule has 0 aliphatic rings. The topological polar surface area (TPSA) is 84.1 Å². The van der Waals surface area contributed by atoms with Gasteiger partial charge in [-0.3, -0.25) is 0 Å². The Morgan fingerprint density at radius 3 is 1.60 bits per heavy atom. The molecule has 6 heteroatoms. The van der Waals surface area contributed by atoms with Crippen LogP contribution in [0.2, 0.25) is 0 Å².